The summed E-state index contributed by atoms with van der Waals surface area (Å²) in [6, 6.07) is 51.7. The topological polar surface area (TPSA) is 43.9 Å². The van der Waals surface area contributed by atoms with Crippen LogP contribution in [0.25, 0.3) is 72.6 Å². The first-order valence-corrected chi connectivity index (χ1v) is 16.1. The predicted molar refractivity (Wildman–Crippen MR) is 204 cm³/mol. The molecule has 9 rings (SSSR count). The zero-order valence-corrected chi connectivity index (χ0v) is 29.5. The van der Waals surface area contributed by atoms with Crippen molar-refractivity contribution in [3.05, 3.63) is 187 Å². The SMILES string of the molecule is [2H]C([2H])([2H])c1c[c-]c(-c2ccc(C([2H])([2H])[2H])cn2)cc1.[2H]c1ccc2o[c-]c(-c3nc4ccccc4n3-c3c(-c4ccccc4)cccc3-c3ccccc3)c2c1.[Ir]. The molecule has 0 unspecified atom stereocenters. The zero-order valence-electron chi connectivity index (χ0n) is 34.1. The van der Waals surface area contributed by atoms with E-state index in [0.717, 1.165) is 55.7 Å². The van der Waals surface area contributed by atoms with Crippen molar-refractivity contribution in [2.45, 2.75) is 13.7 Å². The zero-order chi connectivity index (χ0) is 39.7. The van der Waals surface area contributed by atoms with E-state index in [1.54, 1.807) is 18.2 Å². The quantitative estimate of drug-likeness (QED) is 0.162. The fourth-order valence-electron chi connectivity index (χ4n) is 6.07. The van der Waals surface area contributed by atoms with Gasteiger partial charge in [0.1, 0.15) is 0 Å². The number of rotatable bonds is 5. The van der Waals surface area contributed by atoms with Crippen LogP contribution in [0.3, 0.4) is 0 Å². The number of imidazole rings is 1. The van der Waals surface area contributed by atoms with E-state index >= 15 is 0 Å². The van der Waals surface area contributed by atoms with Gasteiger partial charge in [-0.25, -0.2) is 0 Å². The van der Waals surface area contributed by atoms with Crippen LogP contribution in [0.2, 0.25) is 0 Å². The van der Waals surface area contributed by atoms with Crippen LogP contribution >= 0.6 is 0 Å². The predicted octanol–water partition coefficient (Wildman–Crippen LogP) is 11.7. The molecule has 6 aromatic carbocycles. The molecule has 0 amide bonds. The molecule has 5 heteroatoms. The second-order valence-corrected chi connectivity index (χ2v) is 11.6. The molecule has 4 nitrogen and oxygen atoms in total. The standard InChI is InChI=1S/C33H21N2O.C13H12N.Ir/c1-3-12-23(13-4-1)25-17-11-18-26(24-14-5-2-6-15-24)32(25)35-30-20-9-8-19-29(30)34-33(35)28-22-36-31-21-10-7-16-27(28)31;1-10-3-6-12(7-4-10)13-8-5-11(2)9-14-13;/h1-21H;3-6,8-9H,1-2H3;/q2*-1;/i7D;1D3,2D3;. The Labute approximate surface area is 321 Å². The number of fused-ring (bicyclic) bond motifs is 2. The molecule has 0 saturated carbocycles. The molecule has 0 bridgehead atoms. The first-order chi connectivity index (χ1) is 27.5. The van der Waals surface area contributed by atoms with Crippen LogP contribution in [0, 0.1) is 26.0 Å². The molecule has 3 heterocycles. The van der Waals surface area contributed by atoms with Gasteiger partial charge in [0, 0.05) is 57.5 Å². The van der Waals surface area contributed by atoms with Crippen molar-refractivity contribution in [2.75, 3.05) is 0 Å². The van der Waals surface area contributed by atoms with Gasteiger partial charge in [-0.05, 0) is 41.4 Å². The molecule has 0 aliphatic heterocycles. The molecule has 3 aromatic heterocycles. The third-order valence-electron chi connectivity index (χ3n) is 8.42. The smallest absolute Gasteiger partial charge is 0.0774 e. The largest absolute Gasteiger partial charge is 0.557 e. The molecule has 0 N–H and O–H groups in total. The number of hydrogen-bond donors (Lipinski definition) is 0. The van der Waals surface area contributed by atoms with Gasteiger partial charge in [0.2, 0.25) is 0 Å². The summed E-state index contributed by atoms with van der Waals surface area (Å²) < 4.78 is 59.9. The molecular formula is C46H33IrN3O-2. The number of nitrogens with zero attached hydrogens (tertiary/aromatic N) is 3. The number of benzene rings is 6. The fraction of sp³-hybridized carbons (Fsp3) is 0.0435. The van der Waals surface area contributed by atoms with Crippen molar-refractivity contribution >= 4 is 22.0 Å². The Morgan fingerprint density at radius 3 is 2.06 bits per heavy atom. The third-order valence-corrected chi connectivity index (χ3v) is 8.42. The molecule has 1 radical (unpaired) electrons. The monoisotopic (exact) mass is 843 g/mol. The van der Waals surface area contributed by atoms with Crippen molar-refractivity contribution < 1.29 is 34.1 Å². The maximum Gasteiger partial charge on any atom is 0.0774 e. The van der Waals surface area contributed by atoms with Crippen LogP contribution < -0.4 is 0 Å². The van der Waals surface area contributed by atoms with Gasteiger partial charge in [-0.1, -0.05) is 139 Å². The van der Waals surface area contributed by atoms with Gasteiger partial charge in [-0.3, -0.25) is 4.98 Å². The number of aryl methyl sites for hydroxylation is 2. The van der Waals surface area contributed by atoms with Crippen LogP contribution in [-0.4, -0.2) is 14.5 Å². The Bertz CT molecular complexity index is 2700. The Balaban J connectivity index is 0.000000208. The number of hydrogen-bond acceptors (Lipinski definition) is 3. The van der Waals surface area contributed by atoms with Crippen molar-refractivity contribution in [3.8, 4) is 50.6 Å². The number of para-hydroxylation sites is 4. The molecule has 0 atom stereocenters. The second kappa shape index (κ2) is 14.9. The Morgan fingerprint density at radius 1 is 0.686 bits per heavy atom. The minimum absolute atomic E-state index is 0. The first kappa shape index (κ1) is 26.0. The molecule has 9 aromatic rings. The Hall–Kier alpha value is -5.87. The van der Waals surface area contributed by atoms with Gasteiger partial charge < -0.3 is 14.0 Å². The number of furan rings is 1. The molecule has 249 valence electrons. The van der Waals surface area contributed by atoms with E-state index in [9.17, 15) is 0 Å². The van der Waals surface area contributed by atoms with Crippen LogP contribution in [0.15, 0.2) is 168 Å². The van der Waals surface area contributed by atoms with E-state index in [1.807, 2.05) is 42.5 Å². The molecule has 0 saturated heterocycles. The Morgan fingerprint density at radius 2 is 1.39 bits per heavy atom. The summed E-state index contributed by atoms with van der Waals surface area (Å²) >= 11 is 0. The number of pyridine rings is 1. The van der Waals surface area contributed by atoms with Crippen molar-refractivity contribution in [1.82, 2.24) is 14.5 Å². The van der Waals surface area contributed by atoms with E-state index in [0.29, 0.717) is 22.9 Å². The number of aromatic nitrogens is 3. The van der Waals surface area contributed by atoms with E-state index in [1.165, 1.54) is 24.4 Å². The van der Waals surface area contributed by atoms with Crippen molar-refractivity contribution in [2.24, 2.45) is 0 Å². The summed E-state index contributed by atoms with van der Waals surface area (Å²) in [7, 11) is 0. The van der Waals surface area contributed by atoms with E-state index in [-0.39, 0.29) is 31.2 Å². The average Bonchev–Trinajstić information content (AvgIpc) is 3.82. The maximum absolute atomic E-state index is 8.21. The van der Waals surface area contributed by atoms with Gasteiger partial charge in [0.25, 0.3) is 0 Å². The molecule has 0 fully saturated rings. The van der Waals surface area contributed by atoms with Crippen molar-refractivity contribution in [3.63, 3.8) is 0 Å². The van der Waals surface area contributed by atoms with Gasteiger partial charge in [0.05, 0.1) is 23.9 Å². The summed E-state index contributed by atoms with van der Waals surface area (Å²) in [6.07, 6.45) is 4.40. The van der Waals surface area contributed by atoms with Gasteiger partial charge >= 0.3 is 0 Å². The van der Waals surface area contributed by atoms with Crippen LogP contribution in [0.5, 0.6) is 0 Å². The molecular weight excluding hydrogens is 803 g/mol. The summed E-state index contributed by atoms with van der Waals surface area (Å²) in [5.41, 5.74) is 10.3. The molecule has 0 aliphatic carbocycles. The van der Waals surface area contributed by atoms with Crippen LogP contribution in [-0.2, 0) is 20.1 Å². The minimum Gasteiger partial charge on any atom is -0.557 e. The summed E-state index contributed by atoms with van der Waals surface area (Å²) in [5.74, 6) is 0.728. The summed E-state index contributed by atoms with van der Waals surface area (Å²) in [5, 5.41) is 0.822. The molecule has 0 aliphatic rings. The average molecular weight is 843 g/mol. The molecule has 51 heavy (non-hydrogen) atoms. The van der Waals surface area contributed by atoms with Gasteiger partial charge in [0.15, 0.2) is 0 Å². The Kier molecular flexibility index (Phi) is 7.62. The normalized spacial score (nSPS) is 13.3. The van der Waals surface area contributed by atoms with Crippen molar-refractivity contribution in [1.29, 1.82) is 0 Å². The van der Waals surface area contributed by atoms with E-state index in [4.69, 9.17) is 19.0 Å². The summed E-state index contributed by atoms with van der Waals surface area (Å²) in [4.78, 5) is 9.17. The third kappa shape index (κ3) is 6.82. The minimum atomic E-state index is -2.18. The summed E-state index contributed by atoms with van der Waals surface area (Å²) in [6.45, 7) is -4.34. The van der Waals surface area contributed by atoms with Gasteiger partial charge in [-0.2, -0.15) is 0 Å². The van der Waals surface area contributed by atoms with Crippen LogP contribution in [0.4, 0.5) is 0 Å². The van der Waals surface area contributed by atoms with E-state index < -0.39 is 13.7 Å². The maximum atomic E-state index is 8.21. The van der Waals surface area contributed by atoms with Gasteiger partial charge in [-0.15, -0.1) is 41.5 Å². The van der Waals surface area contributed by atoms with Crippen LogP contribution in [0.1, 0.15) is 20.7 Å². The molecule has 0 spiro atoms. The fourth-order valence-corrected chi connectivity index (χ4v) is 6.07. The van der Waals surface area contributed by atoms with E-state index in [2.05, 4.69) is 94.7 Å². The first-order valence-electron chi connectivity index (χ1n) is 19.6. The second-order valence-electron chi connectivity index (χ2n) is 11.6.